The number of hydrogen-bond donors (Lipinski definition) is 2. The topological polar surface area (TPSA) is 109 Å². The Balaban J connectivity index is 1.99. The summed E-state index contributed by atoms with van der Waals surface area (Å²) in [6, 6.07) is 13.4. The SMILES string of the molecule is CNSc1cccc(NC(=O)c2nnc(C(F)(F)F)cc2Oc2ccc(C#N)cc2OC)c1. The quantitative estimate of drug-likeness (QED) is 0.476. The maximum absolute atomic E-state index is 13.2. The van der Waals surface area contributed by atoms with Gasteiger partial charge in [0.05, 0.1) is 18.7 Å². The number of nitriles is 1. The van der Waals surface area contributed by atoms with E-state index in [-0.39, 0.29) is 17.1 Å². The molecule has 1 amide bonds. The lowest BCUT2D eigenvalue weighted by Crippen LogP contribution is -2.18. The third-order valence-corrected chi connectivity index (χ3v) is 4.78. The van der Waals surface area contributed by atoms with Crippen molar-refractivity contribution in [3.8, 4) is 23.3 Å². The number of nitrogens with one attached hydrogen (secondary N) is 2. The first-order valence-corrected chi connectivity index (χ1v) is 10.0. The minimum atomic E-state index is -4.81. The van der Waals surface area contributed by atoms with Crippen molar-refractivity contribution in [2.24, 2.45) is 0 Å². The summed E-state index contributed by atoms with van der Waals surface area (Å²) in [6.45, 7) is 0. The Bertz CT molecular complexity index is 1210. The summed E-state index contributed by atoms with van der Waals surface area (Å²) in [7, 11) is 3.04. The van der Waals surface area contributed by atoms with E-state index in [1.165, 1.54) is 37.3 Å². The highest BCUT2D eigenvalue weighted by atomic mass is 32.2. The molecule has 0 saturated carbocycles. The largest absolute Gasteiger partial charge is 0.493 e. The maximum Gasteiger partial charge on any atom is 0.435 e. The zero-order chi connectivity index (χ0) is 24.0. The van der Waals surface area contributed by atoms with E-state index in [2.05, 4.69) is 20.2 Å². The Labute approximate surface area is 190 Å². The van der Waals surface area contributed by atoms with E-state index >= 15 is 0 Å². The molecule has 0 radical (unpaired) electrons. The molecule has 0 atom stereocenters. The number of carbonyl (C=O) groups excluding carboxylic acids is 1. The van der Waals surface area contributed by atoms with Crippen LogP contribution >= 0.6 is 11.9 Å². The first-order valence-electron chi connectivity index (χ1n) is 9.21. The van der Waals surface area contributed by atoms with Crippen molar-refractivity contribution >= 4 is 23.5 Å². The molecule has 2 aromatic carbocycles. The molecule has 1 aromatic heterocycles. The van der Waals surface area contributed by atoms with E-state index in [0.717, 1.165) is 4.90 Å². The van der Waals surface area contributed by atoms with Crippen LogP contribution in [0.3, 0.4) is 0 Å². The van der Waals surface area contributed by atoms with Crippen LogP contribution < -0.4 is 19.5 Å². The molecule has 3 rings (SSSR count). The molecule has 0 aliphatic heterocycles. The summed E-state index contributed by atoms with van der Waals surface area (Å²) >= 11 is 1.31. The van der Waals surface area contributed by atoms with E-state index in [1.54, 1.807) is 31.3 Å². The number of carbonyl (C=O) groups is 1. The van der Waals surface area contributed by atoms with Crippen molar-refractivity contribution in [3.63, 3.8) is 0 Å². The molecule has 0 fully saturated rings. The van der Waals surface area contributed by atoms with Crippen LogP contribution in [0.1, 0.15) is 21.7 Å². The summed E-state index contributed by atoms with van der Waals surface area (Å²) in [5, 5.41) is 18.2. The van der Waals surface area contributed by atoms with Crippen LogP contribution in [0.2, 0.25) is 0 Å². The predicted molar refractivity (Wildman–Crippen MR) is 114 cm³/mol. The van der Waals surface area contributed by atoms with Crippen LogP contribution in [0.4, 0.5) is 18.9 Å². The summed E-state index contributed by atoms with van der Waals surface area (Å²) < 4.78 is 53.3. The number of ether oxygens (including phenoxy) is 2. The fourth-order valence-electron chi connectivity index (χ4n) is 2.63. The Hall–Kier alpha value is -3.82. The predicted octanol–water partition coefficient (Wildman–Crippen LogP) is 4.65. The minimum absolute atomic E-state index is 0.0147. The van der Waals surface area contributed by atoms with Gasteiger partial charge in [0.15, 0.2) is 28.6 Å². The van der Waals surface area contributed by atoms with Gasteiger partial charge in [0, 0.05) is 22.7 Å². The fourth-order valence-corrected chi connectivity index (χ4v) is 3.20. The van der Waals surface area contributed by atoms with Crippen LogP contribution in [0.15, 0.2) is 53.4 Å². The monoisotopic (exact) mass is 475 g/mol. The third kappa shape index (κ3) is 5.91. The Morgan fingerprint density at radius 1 is 1.09 bits per heavy atom. The van der Waals surface area contributed by atoms with Gasteiger partial charge < -0.3 is 14.8 Å². The minimum Gasteiger partial charge on any atom is -0.493 e. The van der Waals surface area contributed by atoms with Gasteiger partial charge in [0.25, 0.3) is 5.91 Å². The molecule has 0 bridgehead atoms. The second-order valence-electron chi connectivity index (χ2n) is 6.31. The van der Waals surface area contributed by atoms with Gasteiger partial charge in [-0.3, -0.25) is 9.52 Å². The number of halogens is 3. The van der Waals surface area contributed by atoms with E-state index in [0.29, 0.717) is 11.8 Å². The average Bonchev–Trinajstić information content (AvgIpc) is 2.79. The highest BCUT2D eigenvalue weighted by Crippen LogP contribution is 2.36. The molecule has 3 aromatic rings. The summed E-state index contributed by atoms with van der Waals surface area (Å²) in [5.41, 5.74) is -1.17. The summed E-state index contributed by atoms with van der Waals surface area (Å²) in [6.07, 6.45) is -4.81. The number of hydrogen-bond acceptors (Lipinski definition) is 8. The Morgan fingerprint density at radius 3 is 2.55 bits per heavy atom. The number of alkyl halides is 3. The molecular weight excluding hydrogens is 459 g/mol. The van der Waals surface area contributed by atoms with Crippen molar-refractivity contribution in [3.05, 3.63) is 65.5 Å². The number of methoxy groups -OCH3 is 1. The van der Waals surface area contributed by atoms with Crippen molar-refractivity contribution < 1.29 is 27.4 Å². The molecule has 2 N–H and O–H groups in total. The summed E-state index contributed by atoms with van der Waals surface area (Å²) in [5.74, 6) is -1.24. The lowest BCUT2D eigenvalue weighted by Gasteiger charge is -2.15. The van der Waals surface area contributed by atoms with E-state index in [1.807, 2.05) is 6.07 Å². The molecule has 170 valence electrons. The van der Waals surface area contributed by atoms with Crippen molar-refractivity contribution in [2.75, 3.05) is 19.5 Å². The number of anilines is 1. The number of amides is 1. The smallest absolute Gasteiger partial charge is 0.435 e. The van der Waals surface area contributed by atoms with Gasteiger partial charge in [-0.2, -0.15) is 18.4 Å². The van der Waals surface area contributed by atoms with Crippen LogP contribution in [0.25, 0.3) is 0 Å². The lowest BCUT2D eigenvalue weighted by molar-refractivity contribution is -0.141. The standard InChI is InChI=1S/C21H16F3N5O3S/c1-26-33-14-5-3-4-13(9-14)27-20(30)19-17(10-18(28-29-19)21(22,23)24)32-15-7-6-12(11-25)8-16(15)31-2/h3-10,26H,1-2H3,(H,27,30). The Kier molecular flexibility index (Phi) is 7.37. The number of aromatic nitrogens is 2. The van der Waals surface area contributed by atoms with Gasteiger partial charge in [0.2, 0.25) is 0 Å². The van der Waals surface area contributed by atoms with Crippen LogP contribution in [-0.2, 0) is 6.18 Å². The third-order valence-electron chi connectivity index (χ3n) is 4.09. The second kappa shape index (κ2) is 10.2. The molecule has 0 spiro atoms. The van der Waals surface area contributed by atoms with Crippen molar-refractivity contribution in [2.45, 2.75) is 11.1 Å². The molecule has 0 saturated heterocycles. The molecule has 1 heterocycles. The first-order chi connectivity index (χ1) is 15.7. The van der Waals surface area contributed by atoms with Gasteiger partial charge in [-0.25, -0.2) is 0 Å². The van der Waals surface area contributed by atoms with Crippen LogP contribution in [-0.4, -0.2) is 30.3 Å². The van der Waals surface area contributed by atoms with Gasteiger partial charge >= 0.3 is 6.18 Å². The molecule has 0 aliphatic carbocycles. The normalized spacial score (nSPS) is 10.9. The van der Waals surface area contributed by atoms with E-state index < -0.39 is 29.2 Å². The molecular formula is C21H16F3N5O3S. The Morgan fingerprint density at radius 2 is 1.88 bits per heavy atom. The number of nitrogens with zero attached hydrogens (tertiary/aromatic N) is 3. The average molecular weight is 475 g/mol. The van der Waals surface area contributed by atoms with Crippen molar-refractivity contribution in [1.82, 2.24) is 14.9 Å². The highest BCUT2D eigenvalue weighted by Gasteiger charge is 2.35. The highest BCUT2D eigenvalue weighted by molar-refractivity contribution is 7.97. The molecule has 33 heavy (non-hydrogen) atoms. The summed E-state index contributed by atoms with van der Waals surface area (Å²) in [4.78, 5) is 13.6. The first kappa shape index (κ1) is 23.8. The second-order valence-corrected chi connectivity index (χ2v) is 7.39. The molecule has 12 heteroatoms. The van der Waals surface area contributed by atoms with Crippen LogP contribution in [0.5, 0.6) is 17.2 Å². The van der Waals surface area contributed by atoms with E-state index in [9.17, 15) is 18.0 Å². The number of benzene rings is 2. The van der Waals surface area contributed by atoms with Gasteiger partial charge in [-0.05, 0) is 49.3 Å². The fraction of sp³-hybridized carbons (Fsp3) is 0.143. The van der Waals surface area contributed by atoms with Gasteiger partial charge in [0.1, 0.15) is 0 Å². The maximum atomic E-state index is 13.2. The molecule has 8 nitrogen and oxygen atoms in total. The van der Waals surface area contributed by atoms with Crippen LogP contribution in [0, 0.1) is 11.3 Å². The molecule has 0 aliphatic rings. The van der Waals surface area contributed by atoms with Gasteiger partial charge in [-0.15, -0.1) is 10.2 Å². The van der Waals surface area contributed by atoms with Crippen molar-refractivity contribution in [1.29, 1.82) is 5.26 Å². The van der Waals surface area contributed by atoms with Gasteiger partial charge in [-0.1, -0.05) is 6.07 Å². The zero-order valence-corrected chi connectivity index (χ0v) is 18.0. The lowest BCUT2D eigenvalue weighted by atomic mass is 10.2. The molecule has 0 unspecified atom stereocenters. The van der Waals surface area contributed by atoms with E-state index in [4.69, 9.17) is 14.7 Å². The number of rotatable bonds is 7. The zero-order valence-electron chi connectivity index (χ0n) is 17.2.